The predicted molar refractivity (Wildman–Crippen MR) is 82.5 cm³/mol. The lowest BCUT2D eigenvalue weighted by Crippen LogP contribution is -2.27. The number of nitrogen functional groups attached to an aromatic ring is 1. The summed E-state index contributed by atoms with van der Waals surface area (Å²) in [6.45, 7) is 3.65. The molecule has 1 aromatic rings. The first-order valence-corrected chi connectivity index (χ1v) is 7.67. The number of nitrogens with two attached hydrogens (primary N) is 1. The predicted octanol–water partition coefficient (Wildman–Crippen LogP) is 1.59. The van der Waals surface area contributed by atoms with Gasteiger partial charge in [0.05, 0.1) is 5.69 Å². The summed E-state index contributed by atoms with van der Waals surface area (Å²) in [5.74, 6) is 0.723. The van der Waals surface area contributed by atoms with Gasteiger partial charge in [-0.2, -0.15) is 0 Å². The minimum Gasteiger partial charge on any atom is -0.487 e. The molecule has 1 unspecified atom stereocenters. The first-order chi connectivity index (χ1) is 10.1. The molecule has 3 rings (SSSR count). The number of carbonyl (C=O) groups is 1. The van der Waals surface area contributed by atoms with Crippen LogP contribution in [0.15, 0.2) is 18.2 Å². The van der Waals surface area contributed by atoms with E-state index in [2.05, 4.69) is 11.9 Å². The van der Waals surface area contributed by atoms with Gasteiger partial charge in [-0.05, 0) is 44.5 Å². The standard InChI is InChI=1S/C16H23N3O2/c1-18-9-6-13(11-18)21-15-10-12(4-5-14(15)17)16(20)19-7-2-3-8-19/h4-5,10,13H,2-3,6-9,11,17H2,1H3. The minimum absolute atomic E-state index is 0.0842. The number of amides is 1. The SMILES string of the molecule is CN1CCC(Oc2cc(C(=O)N3CCCC3)ccc2N)C1. The van der Waals surface area contributed by atoms with Crippen LogP contribution in [-0.2, 0) is 0 Å². The van der Waals surface area contributed by atoms with Crippen LogP contribution in [0, 0.1) is 0 Å². The number of hydrogen-bond donors (Lipinski definition) is 1. The number of likely N-dealkylation sites (tertiary alicyclic amines) is 2. The lowest BCUT2D eigenvalue weighted by atomic mass is 10.1. The van der Waals surface area contributed by atoms with Crippen molar-refractivity contribution in [1.29, 1.82) is 0 Å². The molecule has 114 valence electrons. The van der Waals surface area contributed by atoms with Gasteiger partial charge in [0.25, 0.3) is 5.91 Å². The molecule has 0 aromatic heterocycles. The quantitative estimate of drug-likeness (QED) is 0.859. The Balaban J connectivity index is 1.74. The van der Waals surface area contributed by atoms with Crippen LogP contribution in [0.3, 0.4) is 0 Å². The van der Waals surface area contributed by atoms with Crippen molar-refractivity contribution in [2.45, 2.75) is 25.4 Å². The zero-order chi connectivity index (χ0) is 14.8. The van der Waals surface area contributed by atoms with Crippen LogP contribution in [0.2, 0.25) is 0 Å². The summed E-state index contributed by atoms with van der Waals surface area (Å²) in [5, 5.41) is 0. The van der Waals surface area contributed by atoms with Crippen LogP contribution in [-0.4, -0.2) is 55.0 Å². The molecule has 2 saturated heterocycles. The molecule has 1 amide bonds. The summed E-state index contributed by atoms with van der Waals surface area (Å²) in [5.41, 5.74) is 7.27. The van der Waals surface area contributed by atoms with E-state index in [-0.39, 0.29) is 12.0 Å². The van der Waals surface area contributed by atoms with Gasteiger partial charge in [0.2, 0.25) is 0 Å². The molecular formula is C16H23N3O2. The number of benzene rings is 1. The minimum atomic E-state index is 0.0842. The molecule has 2 fully saturated rings. The molecule has 0 spiro atoms. The third-order valence-corrected chi connectivity index (χ3v) is 4.30. The first kappa shape index (κ1) is 14.2. The van der Waals surface area contributed by atoms with Crippen LogP contribution < -0.4 is 10.5 Å². The van der Waals surface area contributed by atoms with Gasteiger partial charge in [-0.25, -0.2) is 0 Å². The largest absolute Gasteiger partial charge is 0.487 e. The maximum absolute atomic E-state index is 12.4. The van der Waals surface area contributed by atoms with Crippen molar-refractivity contribution in [2.24, 2.45) is 0 Å². The number of hydrogen-bond acceptors (Lipinski definition) is 4. The Bertz CT molecular complexity index is 526. The lowest BCUT2D eigenvalue weighted by Gasteiger charge is -2.18. The van der Waals surface area contributed by atoms with Crippen molar-refractivity contribution in [3.8, 4) is 5.75 Å². The van der Waals surface area contributed by atoms with E-state index in [4.69, 9.17) is 10.5 Å². The Labute approximate surface area is 125 Å². The molecule has 5 heteroatoms. The van der Waals surface area contributed by atoms with E-state index in [1.807, 2.05) is 4.90 Å². The highest BCUT2D eigenvalue weighted by molar-refractivity contribution is 5.95. The number of rotatable bonds is 3. The van der Waals surface area contributed by atoms with Gasteiger partial charge in [-0.1, -0.05) is 0 Å². The molecule has 21 heavy (non-hydrogen) atoms. The number of ether oxygens (including phenoxy) is 1. The average Bonchev–Trinajstić information content (AvgIpc) is 3.12. The third-order valence-electron chi connectivity index (χ3n) is 4.30. The summed E-state index contributed by atoms with van der Waals surface area (Å²) in [7, 11) is 2.08. The van der Waals surface area contributed by atoms with Crippen LogP contribution in [0.5, 0.6) is 5.75 Å². The van der Waals surface area contributed by atoms with Gasteiger partial charge in [0.15, 0.2) is 0 Å². The van der Waals surface area contributed by atoms with Crippen molar-refractivity contribution < 1.29 is 9.53 Å². The van der Waals surface area contributed by atoms with Crippen LogP contribution in [0.4, 0.5) is 5.69 Å². The average molecular weight is 289 g/mol. The summed E-state index contributed by atoms with van der Waals surface area (Å²) in [6.07, 6.45) is 3.35. The summed E-state index contributed by atoms with van der Waals surface area (Å²) >= 11 is 0. The summed E-state index contributed by atoms with van der Waals surface area (Å²) < 4.78 is 5.99. The van der Waals surface area contributed by atoms with Gasteiger partial charge in [0.1, 0.15) is 11.9 Å². The van der Waals surface area contributed by atoms with Gasteiger partial charge >= 0.3 is 0 Å². The zero-order valence-electron chi connectivity index (χ0n) is 12.5. The second-order valence-corrected chi connectivity index (χ2v) is 6.04. The van der Waals surface area contributed by atoms with Crippen molar-refractivity contribution in [3.63, 3.8) is 0 Å². The Morgan fingerprint density at radius 3 is 2.71 bits per heavy atom. The maximum atomic E-state index is 12.4. The molecule has 0 aliphatic carbocycles. The van der Waals surface area contributed by atoms with E-state index >= 15 is 0 Å². The highest BCUT2D eigenvalue weighted by atomic mass is 16.5. The molecule has 0 radical (unpaired) electrons. The molecule has 0 bridgehead atoms. The van der Waals surface area contributed by atoms with E-state index in [1.54, 1.807) is 18.2 Å². The Kier molecular flexibility index (Phi) is 4.01. The topological polar surface area (TPSA) is 58.8 Å². The van der Waals surface area contributed by atoms with Crippen molar-refractivity contribution in [1.82, 2.24) is 9.80 Å². The second kappa shape index (κ2) is 5.93. The molecule has 2 N–H and O–H groups in total. The molecule has 5 nitrogen and oxygen atoms in total. The fourth-order valence-corrected chi connectivity index (χ4v) is 3.04. The van der Waals surface area contributed by atoms with Gasteiger partial charge < -0.3 is 20.3 Å². The fourth-order valence-electron chi connectivity index (χ4n) is 3.04. The molecule has 2 heterocycles. The van der Waals surface area contributed by atoms with Crippen molar-refractivity contribution in [2.75, 3.05) is 39.0 Å². The highest BCUT2D eigenvalue weighted by Crippen LogP contribution is 2.27. The summed E-state index contributed by atoms with van der Waals surface area (Å²) in [4.78, 5) is 16.6. The fraction of sp³-hybridized carbons (Fsp3) is 0.562. The van der Waals surface area contributed by atoms with Crippen molar-refractivity contribution in [3.05, 3.63) is 23.8 Å². The van der Waals surface area contributed by atoms with Gasteiger partial charge in [0, 0.05) is 31.7 Å². The first-order valence-electron chi connectivity index (χ1n) is 7.67. The third kappa shape index (κ3) is 3.13. The second-order valence-electron chi connectivity index (χ2n) is 6.04. The Morgan fingerprint density at radius 2 is 2.05 bits per heavy atom. The number of likely N-dealkylation sites (N-methyl/N-ethyl adjacent to an activating group) is 1. The number of carbonyl (C=O) groups excluding carboxylic acids is 1. The molecule has 0 saturated carbocycles. The Hall–Kier alpha value is -1.75. The number of anilines is 1. The van der Waals surface area contributed by atoms with Gasteiger partial charge in [-0.3, -0.25) is 4.79 Å². The van der Waals surface area contributed by atoms with E-state index in [0.717, 1.165) is 45.4 Å². The number of nitrogens with zero attached hydrogens (tertiary/aromatic N) is 2. The van der Waals surface area contributed by atoms with E-state index in [1.165, 1.54) is 0 Å². The Morgan fingerprint density at radius 1 is 1.29 bits per heavy atom. The molecular weight excluding hydrogens is 266 g/mol. The summed E-state index contributed by atoms with van der Waals surface area (Å²) in [6, 6.07) is 5.37. The van der Waals surface area contributed by atoms with Crippen molar-refractivity contribution >= 4 is 11.6 Å². The zero-order valence-corrected chi connectivity index (χ0v) is 12.5. The smallest absolute Gasteiger partial charge is 0.253 e. The van der Waals surface area contributed by atoms with Gasteiger partial charge in [-0.15, -0.1) is 0 Å². The molecule has 1 aromatic carbocycles. The molecule has 1 atom stereocenters. The lowest BCUT2D eigenvalue weighted by molar-refractivity contribution is 0.0792. The monoisotopic (exact) mass is 289 g/mol. The highest BCUT2D eigenvalue weighted by Gasteiger charge is 2.23. The maximum Gasteiger partial charge on any atom is 0.253 e. The van der Waals surface area contributed by atoms with Crippen LogP contribution >= 0.6 is 0 Å². The van der Waals surface area contributed by atoms with Crippen LogP contribution in [0.1, 0.15) is 29.6 Å². The van der Waals surface area contributed by atoms with E-state index in [0.29, 0.717) is 17.0 Å². The van der Waals surface area contributed by atoms with E-state index in [9.17, 15) is 4.79 Å². The normalized spacial score (nSPS) is 22.7. The van der Waals surface area contributed by atoms with Crippen LogP contribution in [0.25, 0.3) is 0 Å². The molecule has 2 aliphatic heterocycles. The van der Waals surface area contributed by atoms with E-state index < -0.39 is 0 Å². The molecule has 2 aliphatic rings.